The van der Waals surface area contributed by atoms with E-state index in [0.29, 0.717) is 11.9 Å². The number of hydrogen-bond donors (Lipinski definition) is 1. The Morgan fingerprint density at radius 1 is 1.70 bits per heavy atom. The van der Waals surface area contributed by atoms with Crippen molar-refractivity contribution in [3.05, 3.63) is 0 Å². The Kier molecular flexibility index (Phi) is 4.52. The summed E-state index contributed by atoms with van der Waals surface area (Å²) in [6.07, 6.45) is 2.09. The first-order chi connectivity index (χ1) is 4.59. The van der Waals surface area contributed by atoms with Crippen LogP contribution in [0.25, 0.3) is 0 Å². The van der Waals surface area contributed by atoms with Gasteiger partial charge in [0.05, 0.1) is 5.84 Å². The molecule has 0 amide bonds. The van der Waals surface area contributed by atoms with Crippen LogP contribution in [0.2, 0.25) is 0 Å². The molecule has 1 unspecified atom stereocenters. The molecule has 0 radical (unpaired) electrons. The number of nitrogens with one attached hydrogen (secondary N) is 1. The summed E-state index contributed by atoms with van der Waals surface area (Å²) in [5, 5.41) is 7.33. The third-order valence-corrected chi connectivity index (χ3v) is 2.41. The summed E-state index contributed by atoms with van der Waals surface area (Å²) in [5.74, 6) is 1.73. The zero-order chi connectivity index (χ0) is 8.15. The molecule has 0 spiro atoms. The van der Waals surface area contributed by atoms with Crippen LogP contribution in [-0.4, -0.2) is 35.8 Å². The lowest BCUT2D eigenvalue weighted by Crippen LogP contribution is -2.34. The fraction of sp³-hybridized carbons (Fsp3) is 0.857. The van der Waals surface area contributed by atoms with Gasteiger partial charge in [-0.05, 0) is 20.1 Å². The number of thioether (sulfide) groups is 1. The maximum absolute atomic E-state index is 7.33. The molecule has 2 nitrogen and oxygen atoms in total. The predicted octanol–water partition coefficient (Wildman–Crippen LogP) is 1.67. The molecule has 10 heavy (non-hydrogen) atoms. The largest absolute Gasteiger partial charge is 0.360 e. The summed E-state index contributed by atoms with van der Waals surface area (Å²) in [5.41, 5.74) is 0. The minimum atomic E-state index is 0.479. The third kappa shape index (κ3) is 3.11. The highest BCUT2D eigenvalue weighted by molar-refractivity contribution is 7.98. The van der Waals surface area contributed by atoms with Crippen molar-refractivity contribution in [3.8, 4) is 0 Å². The summed E-state index contributed by atoms with van der Waals surface area (Å²) in [6.45, 7) is 3.95. The minimum absolute atomic E-state index is 0.479. The standard InChI is InChI=1S/C7H16N2S/c1-6(5-10-4)9(3)7(2)8/h6,8H,5H2,1-4H3. The molecule has 0 aromatic rings. The topological polar surface area (TPSA) is 27.1 Å². The van der Waals surface area contributed by atoms with Gasteiger partial charge in [-0.2, -0.15) is 11.8 Å². The van der Waals surface area contributed by atoms with E-state index in [-0.39, 0.29) is 0 Å². The average Bonchev–Trinajstić information content (AvgIpc) is 1.87. The van der Waals surface area contributed by atoms with E-state index in [2.05, 4.69) is 13.2 Å². The van der Waals surface area contributed by atoms with Gasteiger partial charge in [0.1, 0.15) is 0 Å². The van der Waals surface area contributed by atoms with Crippen LogP contribution < -0.4 is 0 Å². The lowest BCUT2D eigenvalue weighted by molar-refractivity contribution is 0.418. The van der Waals surface area contributed by atoms with E-state index in [9.17, 15) is 0 Å². The van der Waals surface area contributed by atoms with E-state index in [1.165, 1.54) is 0 Å². The second-order valence-corrected chi connectivity index (χ2v) is 3.41. The molecule has 0 bridgehead atoms. The van der Waals surface area contributed by atoms with Crippen LogP contribution in [0, 0.1) is 5.41 Å². The molecule has 0 aliphatic rings. The van der Waals surface area contributed by atoms with Crippen molar-refractivity contribution < 1.29 is 0 Å². The van der Waals surface area contributed by atoms with Crippen LogP contribution >= 0.6 is 11.8 Å². The predicted molar refractivity (Wildman–Crippen MR) is 49.0 cm³/mol. The Bertz CT molecular complexity index is 114. The minimum Gasteiger partial charge on any atom is -0.360 e. The fourth-order valence-electron chi connectivity index (χ4n) is 0.684. The molecule has 1 atom stereocenters. The summed E-state index contributed by atoms with van der Waals surface area (Å²) < 4.78 is 0. The number of amidine groups is 1. The van der Waals surface area contributed by atoms with E-state index in [4.69, 9.17) is 5.41 Å². The molecule has 0 aromatic carbocycles. The molecule has 1 N–H and O–H groups in total. The van der Waals surface area contributed by atoms with Crippen molar-refractivity contribution in [2.45, 2.75) is 19.9 Å². The Morgan fingerprint density at radius 3 is 2.50 bits per heavy atom. The highest BCUT2D eigenvalue weighted by Crippen LogP contribution is 2.03. The Morgan fingerprint density at radius 2 is 2.20 bits per heavy atom. The number of hydrogen-bond acceptors (Lipinski definition) is 2. The van der Waals surface area contributed by atoms with E-state index in [1.807, 2.05) is 30.6 Å². The lowest BCUT2D eigenvalue weighted by atomic mass is 10.3. The first-order valence-corrected chi connectivity index (χ1v) is 4.76. The molecular weight excluding hydrogens is 144 g/mol. The normalized spacial score (nSPS) is 12.8. The Hall–Kier alpha value is -0.180. The van der Waals surface area contributed by atoms with Crippen molar-refractivity contribution in [1.82, 2.24) is 4.90 Å². The van der Waals surface area contributed by atoms with E-state index >= 15 is 0 Å². The highest BCUT2D eigenvalue weighted by Gasteiger charge is 2.07. The molecule has 0 saturated heterocycles. The van der Waals surface area contributed by atoms with E-state index < -0.39 is 0 Å². The second-order valence-electron chi connectivity index (χ2n) is 2.50. The van der Waals surface area contributed by atoms with Gasteiger partial charge in [-0.15, -0.1) is 0 Å². The molecular formula is C7H16N2S. The third-order valence-electron chi connectivity index (χ3n) is 1.60. The second kappa shape index (κ2) is 4.61. The molecule has 0 aliphatic carbocycles. The molecule has 0 fully saturated rings. The van der Waals surface area contributed by atoms with Crippen LogP contribution in [0.1, 0.15) is 13.8 Å². The molecule has 0 rings (SSSR count). The Balaban J connectivity index is 3.69. The summed E-state index contributed by atoms with van der Waals surface area (Å²) in [6, 6.07) is 0.479. The van der Waals surface area contributed by atoms with E-state index in [1.54, 1.807) is 0 Å². The molecule has 0 aliphatic heterocycles. The monoisotopic (exact) mass is 160 g/mol. The first-order valence-electron chi connectivity index (χ1n) is 3.36. The summed E-state index contributed by atoms with van der Waals surface area (Å²) >= 11 is 1.82. The van der Waals surface area contributed by atoms with Crippen molar-refractivity contribution >= 4 is 17.6 Å². The highest BCUT2D eigenvalue weighted by atomic mass is 32.2. The zero-order valence-electron chi connectivity index (χ0n) is 7.14. The lowest BCUT2D eigenvalue weighted by Gasteiger charge is -2.24. The molecule has 0 aromatic heterocycles. The molecule has 0 saturated carbocycles. The van der Waals surface area contributed by atoms with Crippen molar-refractivity contribution in [2.75, 3.05) is 19.1 Å². The van der Waals surface area contributed by atoms with Gasteiger partial charge in [0.25, 0.3) is 0 Å². The van der Waals surface area contributed by atoms with Crippen molar-refractivity contribution in [1.29, 1.82) is 5.41 Å². The van der Waals surface area contributed by atoms with Crippen LogP contribution in [-0.2, 0) is 0 Å². The van der Waals surface area contributed by atoms with Gasteiger partial charge in [0.2, 0.25) is 0 Å². The first kappa shape index (κ1) is 9.82. The van der Waals surface area contributed by atoms with Gasteiger partial charge in [-0.1, -0.05) is 0 Å². The van der Waals surface area contributed by atoms with Crippen molar-refractivity contribution in [2.24, 2.45) is 0 Å². The van der Waals surface area contributed by atoms with Gasteiger partial charge in [-0.25, -0.2) is 0 Å². The molecule has 0 heterocycles. The number of rotatable bonds is 3. The van der Waals surface area contributed by atoms with Crippen molar-refractivity contribution in [3.63, 3.8) is 0 Å². The number of nitrogens with zero attached hydrogens (tertiary/aromatic N) is 1. The average molecular weight is 160 g/mol. The zero-order valence-corrected chi connectivity index (χ0v) is 7.96. The van der Waals surface area contributed by atoms with Crippen LogP contribution in [0.5, 0.6) is 0 Å². The van der Waals surface area contributed by atoms with Crippen LogP contribution in [0.3, 0.4) is 0 Å². The fourth-order valence-corrected chi connectivity index (χ4v) is 1.39. The summed E-state index contributed by atoms with van der Waals surface area (Å²) in [4.78, 5) is 1.98. The van der Waals surface area contributed by atoms with Gasteiger partial charge in [0, 0.05) is 18.8 Å². The van der Waals surface area contributed by atoms with E-state index in [0.717, 1.165) is 5.75 Å². The maximum Gasteiger partial charge on any atom is 0.0925 e. The van der Waals surface area contributed by atoms with Gasteiger partial charge in [-0.3, -0.25) is 5.41 Å². The maximum atomic E-state index is 7.33. The molecule has 60 valence electrons. The smallest absolute Gasteiger partial charge is 0.0925 e. The Labute approximate surface area is 67.5 Å². The van der Waals surface area contributed by atoms with Gasteiger partial charge < -0.3 is 4.90 Å². The quantitative estimate of drug-likeness (QED) is 0.502. The van der Waals surface area contributed by atoms with Gasteiger partial charge in [0.15, 0.2) is 0 Å². The SMILES string of the molecule is CSCC(C)N(C)C(C)=N. The molecule has 3 heteroatoms. The van der Waals surface area contributed by atoms with Gasteiger partial charge >= 0.3 is 0 Å². The summed E-state index contributed by atoms with van der Waals surface area (Å²) in [7, 11) is 1.96. The van der Waals surface area contributed by atoms with Crippen LogP contribution in [0.4, 0.5) is 0 Å². The van der Waals surface area contributed by atoms with Crippen LogP contribution in [0.15, 0.2) is 0 Å².